The molecule has 2 aromatic rings. The first kappa shape index (κ1) is 25.2. The molecule has 2 fully saturated rings. The molecule has 2 aliphatic rings. The standard InChI is InChI=1S/C26H27Cl2N3O4/c1-3-5-21-26(34)31(23(17-8-9-17)25(33)30-29-15(2)32)22(16-10-12-19(27)13-11-16)24(35-21)18-6-4-7-20(28)14-18/h3-4,6-7,10-14,17,21-24H,1,5,8-9H2,2H3,(H,29,32)(H,30,33). The summed E-state index contributed by atoms with van der Waals surface area (Å²) in [5.41, 5.74) is 6.37. The molecule has 0 bridgehead atoms. The average molecular weight is 516 g/mol. The lowest BCUT2D eigenvalue weighted by molar-refractivity contribution is -0.182. The minimum atomic E-state index is -0.824. The minimum Gasteiger partial charge on any atom is -0.358 e. The molecular formula is C26H27Cl2N3O4. The average Bonchev–Trinajstić information content (AvgIpc) is 3.66. The van der Waals surface area contributed by atoms with E-state index in [-0.39, 0.29) is 18.2 Å². The van der Waals surface area contributed by atoms with Gasteiger partial charge in [-0.2, -0.15) is 0 Å². The summed E-state index contributed by atoms with van der Waals surface area (Å²) in [6, 6.07) is 13.0. The molecule has 2 aromatic carbocycles. The molecule has 4 atom stereocenters. The summed E-state index contributed by atoms with van der Waals surface area (Å²) in [7, 11) is 0. The van der Waals surface area contributed by atoms with Crippen LogP contribution in [0, 0.1) is 5.92 Å². The molecule has 0 aromatic heterocycles. The highest BCUT2D eigenvalue weighted by molar-refractivity contribution is 6.30. The van der Waals surface area contributed by atoms with Gasteiger partial charge in [0.2, 0.25) is 5.91 Å². The second kappa shape index (κ2) is 10.8. The van der Waals surface area contributed by atoms with Crippen LogP contribution in [-0.2, 0) is 19.1 Å². The van der Waals surface area contributed by atoms with Crippen LogP contribution in [0.3, 0.4) is 0 Å². The second-order valence-electron chi connectivity index (χ2n) is 8.82. The molecule has 4 unspecified atom stereocenters. The van der Waals surface area contributed by atoms with Crippen molar-refractivity contribution in [1.82, 2.24) is 15.8 Å². The Morgan fingerprint density at radius 3 is 2.43 bits per heavy atom. The predicted molar refractivity (Wildman–Crippen MR) is 133 cm³/mol. The van der Waals surface area contributed by atoms with Crippen molar-refractivity contribution in [3.05, 3.63) is 82.4 Å². The largest absolute Gasteiger partial charge is 0.358 e. The van der Waals surface area contributed by atoms with Crippen molar-refractivity contribution in [3.8, 4) is 0 Å². The van der Waals surface area contributed by atoms with Crippen molar-refractivity contribution >= 4 is 40.9 Å². The molecule has 184 valence electrons. The highest BCUT2D eigenvalue weighted by Gasteiger charge is 2.52. The molecule has 4 rings (SSSR count). The second-order valence-corrected chi connectivity index (χ2v) is 9.69. The Morgan fingerprint density at radius 1 is 1.11 bits per heavy atom. The fourth-order valence-corrected chi connectivity index (χ4v) is 4.84. The van der Waals surface area contributed by atoms with Gasteiger partial charge >= 0.3 is 0 Å². The van der Waals surface area contributed by atoms with E-state index in [1.807, 2.05) is 24.3 Å². The molecule has 1 heterocycles. The number of carbonyl (C=O) groups excluding carboxylic acids is 3. The Balaban J connectivity index is 1.84. The van der Waals surface area contributed by atoms with Crippen molar-refractivity contribution in [2.75, 3.05) is 0 Å². The molecule has 9 heteroatoms. The zero-order valence-electron chi connectivity index (χ0n) is 19.2. The fraction of sp³-hybridized carbons (Fsp3) is 0.346. The molecule has 0 radical (unpaired) electrons. The summed E-state index contributed by atoms with van der Waals surface area (Å²) in [5, 5.41) is 1.08. The van der Waals surface area contributed by atoms with Gasteiger partial charge in [0.1, 0.15) is 18.2 Å². The minimum absolute atomic E-state index is 0.0370. The van der Waals surface area contributed by atoms with Gasteiger partial charge in [0.05, 0.1) is 6.04 Å². The van der Waals surface area contributed by atoms with Gasteiger partial charge in [0, 0.05) is 23.4 Å². The Hall–Kier alpha value is -2.87. The van der Waals surface area contributed by atoms with Crippen LogP contribution in [0.15, 0.2) is 61.2 Å². The van der Waals surface area contributed by atoms with Gasteiger partial charge in [-0.25, -0.2) is 0 Å². The lowest BCUT2D eigenvalue weighted by atomic mass is 9.89. The third kappa shape index (κ3) is 5.69. The Kier molecular flexibility index (Phi) is 7.79. The summed E-state index contributed by atoms with van der Waals surface area (Å²) >= 11 is 12.5. The van der Waals surface area contributed by atoms with Gasteiger partial charge in [-0.15, -0.1) is 6.58 Å². The van der Waals surface area contributed by atoms with Gasteiger partial charge in [-0.3, -0.25) is 25.2 Å². The van der Waals surface area contributed by atoms with Gasteiger partial charge in [-0.1, -0.05) is 53.5 Å². The van der Waals surface area contributed by atoms with Gasteiger partial charge in [0.25, 0.3) is 11.8 Å². The maximum atomic E-state index is 13.9. The summed E-state index contributed by atoms with van der Waals surface area (Å²) in [5.74, 6) is -1.20. The van der Waals surface area contributed by atoms with Gasteiger partial charge < -0.3 is 9.64 Å². The van der Waals surface area contributed by atoms with Crippen molar-refractivity contribution in [2.45, 2.75) is 50.5 Å². The van der Waals surface area contributed by atoms with Crippen LogP contribution in [0.1, 0.15) is 49.5 Å². The number of hydrogen-bond donors (Lipinski definition) is 2. The van der Waals surface area contributed by atoms with Crippen LogP contribution in [0.4, 0.5) is 0 Å². The maximum Gasteiger partial charge on any atom is 0.261 e. The highest BCUT2D eigenvalue weighted by Crippen LogP contribution is 2.48. The zero-order valence-corrected chi connectivity index (χ0v) is 20.8. The fourth-order valence-electron chi connectivity index (χ4n) is 4.52. The van der Waals surface area contributed by atoms with E-state index >= 15 is 0 Å². The lowest BCUT2D eigenvalue weighted by Gasteiger charge is -2.47. The number of hydrazine groups is 1. The Morgan fingerprint density at radius 2 is 1.83 bits per heavy atom. The summed E-state index contributed by atoms with van der Waals surface area (Å²) in [6.07, 6.45) is 2.07. The molecule has 35 heavy (non-hydrogen) atoms. The monoisotopic (exact) mass is 515 g/mol. The van der Waals surface area contributed by atoms with Gasteiger partial charge in [-0.05, 0) is 54.2 Å². The number of nitrogens with one attached hydrogen (secondary N) is 2. The SMILES string of the molecule is C=CCC1OC(c2cccc(Cl)c2)C(c2ccc(Cl)cc2)N(C(C(=O)NNC(C)=O)C2CC2)C1=O. The highest BCUT2D eigenvalue weighted by atomic mass is 35.5. The molecule has 7 nitrogen and oxygen atoms in total. The van der Waals surface area contributed by atoms with E-state index in [2.05, 4.69) is 17.4 Å². The Labute approximate surface area is 214 Å². The zero-order chi connectivity index (χ0) is 25.1. The van der Waals surface area contributed by atoms with Crippen LogP contribution in [0.5, 0.6) is 0 Å². The lowest BCUT2D eigenvalue weighted by Crippen LogP contribution is -2.60. The van der Waals surface area contributed by atoms with E-state index in [0.29, 0.717) is 10.0 Å². The van der Waals surface area contributed by atoms with E-state index < -0.39 is 36.1 Å². The molecule has 1 aliphatic heterocycles. The summed E-state index contributed by atoms with van der Waals surface area (Å²) in [6.45, 7) is 5.08. The predicted octanol–water partition coefficient (Wildman–Crippen LogP) is 4.53. The number of benzene rings is 2. The normalized spacial score (nSPS) is 22.9. The number of halogens is 2. The number of nitrogens with zero attached hydrogens (tertiary/aromatic N) is 1. The molecule has 3 amide bonds. The topological polar surface area (TPSA) is 87.7 Å². The quantitative estimate of drug-likeness (QED) is 0.419. The van der Waals surface area contributed by atoms with E-state index in [9.17, 15) is 14.4 Å². The molecule has 1 saturated heterocycles. The number of hydrogen-bond acceptors (Lipinski definition) is 4. The maximum absolute atomic E-state index is 13.9. The van der Waals surface area contributed by atoms with Crippen LogP contribution >= 0.6 is 23.2 Å². The number of rotatable bonds is 7. The first-order chi connectivity index (χ1) is 16.8. The van der Waals surface area contributed by atoms with Crippen molar-refractivity contribution in [3.63, 3.8) is 0 Å². The van der Waals surface area contributed by atoms with Crippen LogP contribution in [0.2, 0.25) is 10.0 Å². The van der Waals surface area contributed by atoms with Crippen molar-refractivity contribution in [2.24, 2.45) is 5.92 Å². The molecule has 2 N–H and O–H groups in total. The number of morpholine rings is 1. The third-order valence-electron chi connectivity index (χ3n) is 6.20. The summed E-state index contributed by atoms with van der Waals surface area (Å²) in [4.78, 5) is 40.3. The smallest absolute Gasteiger partial charge is 0.261 e. The van der Waals surface area contributed by atoms with Gasteiger partial charge in [0.15, 0.2) is 0 Å². The summed E-state index contributed by atoms with van der Waals surface area (Å²) < 4.78 is 6.38. The van der Waals surface area contributed by atoms with Crippen LogP contribution < -0.4 is 10.9 Å². The first-order valence-electron chi connectivity index (χ1n) is 11.5. The molecule has 0 spiro atoms. The first-order valence-corrected chi connectivity index (χ1v) is 12.2. The van der Waals surface area contributed by atoms with E-state index in [0.717, 1.165) is 24.0 Å². The van der Waals surface area contributed by atoms with E-state index in [1.54, 1.807) is 35.2 Å². The van der Waals surface area contributed by atoms with Crippen LogP contribution in [0.25, 0.3) is 0 Å². The number of carbonyl (C=O) groups is 3. The third-order valence-corrected chi connectivity index (χ3v) is 6.68. The number of amides is 3. The van der Waals surface area contributed by atoms with Crippen molar-refractivity contribution < 1.29 is 19.1 Å². The molecule has 1 saturated carbocycles. The molecular weight excluding hydrogens is 489 g/mol. The van der Waals surface area contributed by atoms with E-state index in [4.69, 9.17) is 27.9 Å². The molecule has 1 aliphatic carbocycles. The number of ether oxygens (including phenoxy) is 1. The Bertz CT molecular complexity index is 1120. The van der Waals surface area contributed by atoms with Crippen molar-refractivity contribution in [1.29, 1.82) is 0 Å². The van der Waals surface area contributed by atoms with E-state index in [1.165, 1.54) is 6.92 Å². The van der Waals surface area contributed by atoms with Crippen LogP contribution in [-0.4, -0.2) is 34.8 Å².